The van der Waals surface area contributed by atoms with Gasteiger partial charge in [-0.2, -0.15) is 0 Å². The van der Waals surface area contributed by atoms with Crippen LogP contribution in [0, 0.1) is 11.8 Å². The van der Waals surface area contributed by atoms with E-state index in [-0.39, 0.29) is 17.9 Å². The molecular weight excluding hydrogens is 354 g/mol. The molecule has 2 rings (SSSR count). The van der Waals surface area contributed by atoms with Crippen LogP contribution in [-0.4, -0.2) is 17.8 Å². The summed E-state index contributed by atoms with van der Waals surface area (Å²) in [6, 6.07) is 0.233. The number of allylic oxidation sites excluding steroid dienone is 4. The molecule has 1 amide bonds. The molecule has 0 saturated heterocycles. The summed E-state index contributed by atoms with van der Waals surface area (Å²) in [5.74, 6) is 1.94. The highest BCUT2D eigenvalue weighted by molar-refractivity contribution is 6.17. The Balaban J connectivity index is 0. The van der Waals surface area contributed by atoms with E-state index in [9.17, 15) is 4.79 Å². The van der Waals surface area contributed by atoms with E-state index < -0.39 is 0 Å². The van der Waals surface area contributed by atoms with E-state index in [2.05, 4.69) is 31.8 Å². The number of halogens is 1. The van der Waals surface area contributed by atoms with Gasteiger partial charge in [0.25, 0.3) is 0 Å². The molecule has 0 radical (unpaired) electrons. The van der Waals surface area contributed by atoms with Crippen LogP contribution in [0.3, 0.4) is 0 Å². The highest BCUT2D eigenvalue weighted by atomic mass is 35.5. The van der Waals surface area contributed by atoms with E-state index in [1.807, 2.05) is 46.8 Å². The Bertz CT molecular complexity index is 453. The summed E-state index contributed by atoms with van der Waals surface area (Å²) < 4.78 is 0. The molecule has 0 aromatic heterocycles. The predicted octanol–water partition coefficient (Wildman–Crippen LogP) is 7.45. The van der Waals surface area contributed by atoms with Crippen LogP contribution in [0.4, 0.5) is 0 Å². The average molecular weight is 398 g/mol. The zero-order valence-corrected chi connectivity index (χ0v) is 19.7. The van der Waals surface area contributed by atoms with Crippen molar-refractivity contribution in [3.05, 3.63) is 36.0 Å². The molecule has 1 saturated carbocycles. The van der Waals surface area contributed by atoms with E-state index in [4.69, 9.17) is 11.6 Å². The van der Waals surface area contributed by atoms with Crippen molar-refractivity contribution in [1.29, 1.82) is 0 Å². The molecule has 0 aromatic rings. The smallest absolute Gasteiger partial charge is 0.223 e. The molecule has 2 aliphatic rings. The van der Waals surface area contributed by atoms with Crippen LogP contribution in [0.1, 0.15) is 87.0 Å². The van der Waals surface area contributed by atoms with Crippen molar-refractivity contribution in [3.8, 4) is 0 Å². The molecule has 0 heterocycles. The Morgan fingerprint density at radius 1 is 1.22 bits per heavy atom. The average Bonchev–Trinajstić information content (AvgIpc) is 3.13. The number of hydrogen-bond donors (Lipinski definition) is 1. The molecule has 27 heavy (non-hydrogen) atoms. The molecule has 2 nitrogen and oxygen atoms in total. The Morgan fingerprint density at radius 2 is 1.81 bits per heavy atom. The SMILES string of the molecule is C=C/C=C\C1=C(C)C(NC(=O)C2CCC(C)C2)CCC1.CC.CC.CCCl. The summed E-state index contributed by atoms with van der Waals surface area (Å²) in [7, 11) is 0. The molecular formula is C24H44ClNO. The maximum absolute atomic E-state index is 12.4. The van der Waals surface area contributed by atoms with Crippen molar-refractivity contribution >= 4 is 17.5 Å². The van der Waals surface area contributed by atoms with Crippen molar-refractivity contribution in [2.45, 2.75) is 93.0 Å². The van der Waals surface area contributed by atoms with Crippen LogP contribution in [-0.2, 0) is 4.79 Å². The predicted molar refractivity (Wildman–Crippen MR) is 123 cm³/mol. The van der Waals surface area contributed by atoms with Crippen LogP contribution in [0.2, 0.25) is 0 Å². The molecule has 3 atom stereocenters. The minimum atomic E-state index is 0.233. The van der Waals surface area contributed by atoms with Gasteiger partial charge in [0.1, 0.15) is 0 Å². The Kier molecular flexibility index (Phi) is 19.2. The van der Waals surface area contributed by atoms with Crippen LogP contribution in [0.25, 0.3) is 0 Å². The molecule has 0 aliphatic heterocycles. The second-order valence-corrected chi connectivity index (χ2v) is 7.17. The Hall–Kier alpha value is -1.02. The van der Waals surface area contributed by atoms with E-state index in [1.165, 1.54) is 17.6 Å². The molecule has 0 aromatic carbocycles. The first kappa shape index (κ1) is 28.2. The number of carbonyl (C=O) groups excluding carboxylic acids is 1. The van der Waals surface area contributed by atoms with Crippen molar-refractivity contribution in [1.82, 2.24) is 5.32 Å². The van der Waals surface area contributed by atoms with Crippen molar-refractivity contribution in [2.75, 3.05) is 5.88 Å². The molecule has 0 spiro atoms. The number of rotatable bonds is 4. The first-order valence-electron chi connectivity index (χ1n) is 10.9. The highest BCUT2D eigenvalue weighted by Crippen LogP contribution is 2.31. The summed E-state index contributed by atoms with van der Waals surface area (Å²) in [6.07, 6.45) is 12.6. The largest absolute Gasteiger partial charge is 0.349 e. The van der Waals surface area contributed by atoms with Gasteiger partial charge in [-0.1, -0.05) is 66.3 Å². The summed E-state index contributed by atoms with van der Waals surface area (Å²) in [4.78, 5) is 12.4. The van der Waals surface area contributed by atoms with Crippen molar-refractivity contribution < 1.29 is 4.79 Å². The van der Waals surface area contributed by atoms with Crippen LogP contribution < -0.4 is 5.32 Å². The molecule has 1 fully saturated rings. The van der Waals surface area contributed by atoms with Crippen molar-refractivity contribution in [2.24, 2.45) is 11.8 Å². The third kappa shape index (κ3) is 11.4. The van der Waals surface area contributed by atoms with Gasteiger partial charge in [0.2, 0.25) is 5.91 Å². The van der Waals surface area contributed by atoms with Crippen LogP contribution in [0.15, 0.2) is 36.0 Å². The second kappa shape index (κ2) is 18.3. The van der Waals surface area contributed by atoms with Gasteiger partial charge in [-0.25, -0.2) is 0 Å². The van der Waals surface area contributed by atoms with E-state index in [0.29, 0.717) is 5.92 Å². The first-order chi connectivity index (χ1) is 13.0. The van der Waals surface area contributed by atoms with Crippen molar-refractivity contribution in [3.63, 3.8) is 0 Å². The number of carbonyl (C=O) groups is 1. The summed E-state index contributed by atoms with van der Waals surface area (Å²) in [5, 5.41) is 3.28. The lowest BCUT2D eigenvalue weighted by Gasteiger charge is -2.27. The Labute approximate surface area is 174 Å². The zero-order chi connectivity index (χ0) is 21.2. The quantitative estimate of drug-likeness (QED) is 0.387. The normalized spacial score (nSPS) is 23.9. The fourth-order valence-corrected chi connectivity index (χ4v) is 3.45. The number of amides is 1. The zero-order valence-electron chi connectivity index (χ0n) is 18.9. The fraction of sp³-hybridized carbons (Fsp3) is 0.708. The van der Waals surface area contributed by atoms with Gasteiger partial charge in [-0.15, -0.1) is 11.6 Å². The lowest BCUT2D eigenvalue weighted by atomic mass is 9.88. The lowest BCUT2D eigenvalue weighted by Crippen LogP contribution is -2.40. The molecule has 3 heteroatoms. The molecule has 1 N–H and O–H groups in total. The molecule has 0 bridgehead atoms. The lowest BCUT2D eigenvalue weighted by molar-refractivity contribution is -0.125. The number of alkyl halides is 1. The fourth-order valence-electron chi connectivity index (χ4n) is 3.45. The van der Waals surface area contributed by atoms with Gasteiger partial charge in [-0.3, -0.25) is 4.79 Å². The van der Waals surface area contributed by atoms with Gasteiger partial charge in [0.05, 0.1) is 6.04 Å². The maximum Gasteiger partial charge on any atom is 0.223 e. The van der Waals surface area contributed by atoms with Gasteiger partial charge in [-0.05, 0) is 62.5 Å². The summed E-state index contributed by atoms with van der Waals surface area (Å²) in [6.45, 7) is 18.0. The van der Waals surface area contributed by atoms with Gasteiger partial charge in [0.15, 0.2) is 0 Å². The molecule has 158 valence electrons. The standard InChI is InChI=1S/C18H27NO.C2H5Cl.2C2H6/c1-4-5-7-15-8-6-9-17(14(15)3)19-18(20)16-11-10-13(2)12-16;1-2-3;2*1-2/h4-5,7,13,16-17H,1,6,8-12H2,2-3H3,(H,19,20);2H2,1H3;2*1-2H3/b7-5-;;;. The highest BCUT2D eigenvalue weighted by Gasteiger charge is 2.29. The summed E-state index contributed by atoms with van der Waals surface area (Å²) in [5.41, 5.74) is 2.69. The Morgan fingerprint density at radius 3 is 2.30 bits per heavy atom. The molecule has 3 unspecified atom stereocenters. The van der Waals surface area contributed by atoms with E-state index in [1.54, 1.807) is 0 Å². The number of nitrogens with one attached hydrogen (secondary N) is 1. The minimum absolute atomic E-state index is 0.233. The number of hydrogen-bond acceptors (Lipinski definition) is 1. The van der Waals surface area contributed by atoms with Crippen LogP contribution in [0.5, 0.6) is 0 Å². The molecule has 2 aliphatic carbocycles. The third-order valence-electron chi connectivity index (χ3n) is 4.78. The van der Waals surface area contributed by atoms with Gasteiger partial charge in [0, 0.05) is 11.8 Å². The van der Waals surface area contributed by atoms with E-state index in [0.717, 1.165) is 38.0 Å². The first-order valence-corrected chi connectivity index (χ1v) is 11.4. The van der Waals surface area contributed by atoms with E-state index >= 15 is 0 Å². The second-order valence-electron chi connectivity index (χ2n) is 6.64. The van der Waals surface area contributed by atoms with Crippen LogP contribution >= 0.6 is 11.6 Å². The summed E-state index contributed by atoms with van der Waals surface area (Å²) >= 11 is 5.00. The minimum Gasteiger partial charge on any atom is -0.349 e. The monoisotopic (exact) mass is 397 g/mol. The topological polar surface area (TPSA) is 29.1 Å². The maximum atomic E-state index is 12.4. The van der Waals surface area contributed by atoms with Gasteiger partial charge >= 0.3 is 0 Å². The van der Waals surface area contributed by atoms with Gasteiger partial charge < -0.3 is 5.32 Å². The third-order valence-corrected chi connectivity index (χ3v) is 4.78.